The molecule has 1 aliphatic heterocycles. The zero-order chi connectivity index (χ0) is 14.3. The van der Waals surface area contributed by atoms with E-state index in [4.69, 9.17) is 14.6 Å². The Bertz CT molecular complexity index is 519. The van der Waals surface area contributed by atoms with E-state index in [0.29, 0.717) is 6.42 Å². The summed E-state index contributed by atoms with van der Waals surface area (Å²) in [7, 11) is -0.421. The van der Waals surface area contributed by atoms with Crippen molar-refractivity contribution < 1.29 is 9.31 Å². The minimum absolute atomic E-state index is 0.353. The highest BCUT2D eigenvalue weighted by Gasteiger charge is 2.51. The molecule has 0 aliphatic carbocycles. The summed E-state index contributed by atoms with van der Waals surface area (Å²) < 4.78 is 12.0. The second-order valence-corrected chi connectivity index (χ2v) is 5.94. The molecule has 5 heteroatoms. The van der Waals surface area contributed by atoms with Crippen LogP contribution in [0.15, 0.2) is 12.3 Å². The van der Waals surface area contributed by atoms with Crippen LogP contribution in [-0.2, 0) is 15.7 Å². The summed E-state index contributed by atoms with van der Waals surface area (Å²) >= 11 is 0. The Morgan fingerprint density at radius 1 is 1.26 bits per heavy atom. The molecular weight excluding hydrogens is 239 g/mol. The van der Waals surface area contributed by atoms with Gasteiger partial charge in [-0.25, -0.2) is 0 Å². The number of pyridine rings is 1. The Morgan fingerprint density at radius 2 is 1.84 bits per heavy atom. The third-order valence-corrected chi connectivity index (χ3v) is 4.01. The molecular formula is C14H19BN2O2. The lowest BCUT2D eigenvalue weighted by molar-refractivity contribution is 0.00578. The van der Waals surface area contributed by atoms with Gasteiger partial charge in [0.05, 0.1) is 23.7 Å². The van der Waals surface area contributed by atoms with Crippen LogP contribution in [0.5, 0.6) is 0 Å². The Balaban J connectivity index is 2.30. The van der Waals surface area contributed by atoms with E-state index in [0.717, 1.165) is 16.7 Å². The van der Waals surface area contributed by atoms with E-state index in [1.165, 1.54) is 0 Å². The largest absolute Gasteiger partial charge is 0.496 e. The van der Waals surface area contributed by atoms with Gasteiger partial charge in [0.1, 0.15) is 0 Å². The summed E-state index contributed by atoms with van der Waals surface area (Å²) in [6.07, 6.45) is 2.12. The fraction of sp³-hybridized carbons (Fsp3) is 0.571. The van der Waals surface area contributed by atoms with Crippen molar-refractivity contribution in [1.82, 2.24) is 4.98 Å². The van der Waals surface area contributed by atoms with Crippen molar-refractivity contribution in [2.75, 3.05) is 0 Å². The van der Waals surface area contributed by atoms with Crippen LogP contribution in [0.2, 0.25) is 0 Å². The van der Waals surface area contributed by atoms with Gasteiger partial charge < -0.3 is 9.31 Å². The molecule has 0 spiro atoms. The standard InChI is InChI=1S/C14H19BN2O2/c1-10-11(6-7-16)8-12(9-17-10)15-18-13(2,3)14(4,5)19-15/h8-9H,6H2,1-5H3. The van der Waals surface area contributed by atoms with E-state index in [9.17, 15) is 0 Å². The maximum atomic E-state index is 8.83. The first-order valence-corrected chi connectivity index (χ1v) is 6.45. The van der Waals surface area contributed by atoms with Crippen LogP contribution >= 0.6 is 0 Å². The van der Waals surface area contributed by atoms with E-state index in [-0.39, 0.29) is 11.2 Å². The highest BCUT2D eigenvalue weighted by atomic mass is 16.7. The van der Waals surface area contributed by atoms with Crippen molar-refractivity contribution in [3.8, 4) is 6.07 Å². The molecule has 2 rings (SSSR count). The first kappa shape index (κ1) is 14.0. The van der Waals surface area contributed by atoms with E-state index < -0.39 is 7.12 Å². The molecule has 1 aromatic heterocycles. The molecule has 1 fully saturated rings. The number of hydrogen-bond donors (Lipinski definition) is 0. The molecule has 1 saturated heterocycles. The summed E-state index contributed by atoms with van der Waals surface area (Å²) in [6.45, 7) is 9.98. The third-order valence-electron chi connectivity index (χ3n) is 4.01. The molecule has 0 bridgehead atoms. The number of nitriles is 1. The summed E-state index contributed by atoms with van der Waals surface area (Å²) in [5, 5.41) is 8.83. The summed E-state index contributed by atoms with van der Waals surface area (Å²) in [5.41, 5.74) is 1.95. The third kappa shape index (κ3) is 2.51. The van der Waals surface area contributed by atoms with Crippen molar-refractivity contribution >= 4 is 12.6 Å². The van der Waals surface area contributed by atoms with Crippen molar-refractivity contribution in [1.29, 1.82) is 5.26 Å². The Hall–Kier alpha value is -1.38. The van der Waals surface area contributed by atoms with E-state index in [2.05, 4.69) is 11.1 Å². The van der Waals surface area contributed by atoms with Crippen LogP contribution in [0, 0.1) is 18.3 Å². The second kappa shape index (κ2) is 4.62. The molecule has 0 amide bonds. The normalized spacial score (nSPS) is 20.3. The van der Waals surface area contributed by atoms with E-state index in [1.54, 1.807) is 6.20 Å². The Kier molecular flexibility index (Phi) is 3.42. The number of nitrogens with zero attached hydrogens (tertiary/aromatic N) is 2. The van der Waals surface area contributed by atoms with Gasteiger partial charge in [-0.05, 0) is 40.2 Å². The van der Waals surface area contributed by atoms with Gasteiger partial charge >= 0.3 is 7.12 Å². The highest BCUT2D eigenvalue weighted by molar-refractivity contribution is 6.62. The lowest BCUT2D eigenvalue weighted by Gasteiger charge is -2.32. The van der Waals surface area contributed by atoms with Gasteiger partial charge in [0, 0.05) is 17.4 Å². The zero-order valence-corrected chi connectivity index (χ0v) is 12.2. The maximum Gasteiger partial charge on any atom is 0.496 e. The van der Waals surface area contributed by atoms with Crippen molar-refractivity contribution in [3.63, 3.8) is 0 Å². The fourth-order valence-corrected chi connectivity index (χ4v) is 1.97. The van der Waals surface area contributed by atoms with Gasteiger partial charge in [-0.2, -0.15) is 5.26 Å². The molecule has 0 radical (unpaired) electrons. The minimum atomic E-state index is -0.421. The lowest BCUT2D eigenvalue weighted by Crippen LogP contribution is -2.41. The van der Waals surface area contributed by atoms with E-state index >= 15 is 0 Å². The van der Waals surface area contributed by atoms with Gasteiger partial charge in [-0.3, -0.25) is 4.98 Å². The molecule has 4 nitrogen and oxygen atoms in total. The summed E-state index contributed by atoms with van der Waals surface area (Å²) in [4.78, 5) is 4.33. The van der Waals surface area contributed by atoms with Crippen molar-refractivity contribution in [2.24, 2.45) is 0 Å². The van der Waals surface area contributed by atoms with E-state index in [1.807, 2.05) is 40.7 Å². The highest BCUT2D eigenvalue weighted by Crippen LogP contribution is 2.36. The predicted molar refractivity (Wildman–Crippen MR) is 74.0 cm³/mol. The first-order valence-electron chi connectivity index (χ1n) is 6.45. The molecule has 2 heterocycles. The van der Waals surface area contributed by atoms with Gasteiger partial charge in [0.15, 0.2) is 0 Å². The molecule has 0 unspecified atom stereocenters. The fourth-order valence-electron chi connectivity index (χ4n) is 1.97. The summed E-state index contributed by atoms with van der Waals surface area (Å²) in [5.74, 6) is 0. The quantitative estimate of drug-likeness (QED) is 0.758. The van der Waals surface area contributed by atoms with Crippen molar-refractivity contribution in [2.45, 2.75) is 52.2 Å². The molecule has 0 N–H and O–H groups in total. The molecule has 0 saturated carbocycles. The van der Waals surface area contributed by atoms with Gasteiger partial charge in [0.2, 0.25) is 0 Å². The number of rotatable bonds is 2. The zero-order valence-electron chi connectivity index (χ0n) is 12.2. The Morgan fingerprint density at radius 3 is 2.37 bits per heavy atom. The van der Waals surface area contributed by atoms with Crippen LogP contribution in [0.3, 0.4) is 0 Å². The predicted octanol–water partition coefficient (Wildman–Crippen LogP) is 1.76. The first-order chi connectivity index (χ1) is 8.77. The number of aromatic nitrogens is 1. The smallest absolute Gasteiger partial charge is 0.399 e. The van der Waals surface area contributed by atoms with Crippen LogP contribution in [0.25, 0.3) is 0 Å². The number of aryl methyl sites for hydroxylation is 1. The minimum Gasteiger partial charge on any atom is -0.399 e. The van der Waals surface area contributed by atoms with Crippen molar-refractivity contribution in [3.05, 3.63) is 23.5 Å². The lowest BCUT2D eigenvalue weighted by atomic mass is 9.79. The number of hydrogen-bond acceptors (Lipinski definition) is 4. The molecule has 1 aromatic rings. The van der Waals surface area contributed by atoms with Crippen LogP contribution in [0.1, 0.15) is 39.0 Å². The van der Waals surface area contributed by atoms with Crippen LogP contribution in [-0.4, -0.2) is 23.3 Å². The molecule has 1 aliphatic rings. The Labute approximate surface area is 114 Å². The molecule has 100 valence electrons. The van der Waals surface area contributed by atoms with Crippen LogP contribution in [0.4, 0.5) is 0 Å². The molecule has 0 atom stereocenters. The average Bonchev–Trinajstić information content (AvgIpc) is 2.51. The topological polar surface area (TPSA) is 55.1 Å². The van der Waals surface area contributed by atoms with Gasteiger partial charge in [-0.1, -0.05) is 6.07 Å². The van der Waals surface area contributed by atoms with Gasteiger partial charge in [-0.15, -0.1) is 0 Å². The summed E-state index contributed by atoms with van der Waals surface area (Å²) in [6, 6.07) is 4.11. The molecule has 0 aromatic carbocycles. The molecule has 19 heavy (non-hydrogen) atoms. The SMILES string of the molecule is Cc1ncc(B2OC(C)(C)C(C)(C)O2)cc1CC#N. The monoisotopic (exact) mass is 258 g/mol. The van der Waals surface area contributed by atoms with Gasteiger partial charge in [0.25, 0.3) is 0 Å². The maximum absolute atomic E-state index is 8.83. The van der Waals surface area contributed by atoms with Crippen LogP contribution < -0.4 is 5.46 Å². The second-order valence-electron chi connectivity index (χ2n) is 5.94. The average molecular weight is 258 g/mol.